The van der Waals surface area contributed by atoms with Gasteiger partial charge < -0.3 is 9.80 Å². The highest BCUT2D eigenvalue weighted by Crippen LogP contribution is 2.26. The lowest BCUT2D eigenvalue weighted by atomic mass is 10.1. The van der Waals surface area contributed by atoms with Gasteiger partial charge in [-0.05, 0) is 45.0 Å². The lowest BCUT2D eigenvalue weighted by Gasteiger charge is -2.26. The van der Waals surface area contributed by atoms with Crippen LogP contribution in [0.1, 0.15) is 18.7 Å². The molecule has 0 aliphatic carbocycles. The lowest BCUT2D eigenvalue weighted by Crippen LogP contribution is -2.36. The molecule has 1 saturated heterocycles. The Morgan fingerprint density at radius 2 is 1.95 bits per heavy atom. The third-order valence-corrected chi connectivity index (χ3v) is 4.34. The van der Waals surface area contributed by atoms with Crippen LogP contribution in [0.25, 0.3) is 0 Å². The summed E-state index contributed by atoms with van der Waals surface area (Å²) in [6, 6.07) is 8.33. The second-order valence-electron chi connectivity index (χ2n) is 5.40. The van der Waals surface area contributed by atoms with Crippen molar-refractivity contribution in [3.05, 3.63) is 29.8 Å². The monoisotopic (exact) mass is 293 g/mol. The summed E-state index contributed by atoms with van der Waals surface area (Å²) in [4.78, 5) is 17.6. The summed E-state index contributed by atoms with van der Waals surface area (Å²) in [6.07, 6.45) is 2.06. The molecule has 0 saturated carbocycles. The molecule has 4 nitrogen and oxygen atoms in total. The number of nitrogens with zero attached hydrogens (tertiary/aromatic N) is 2. The molecule has 1 aliphatic rings. The Hall–Kier alpha value is -1.04. The van der Waals surface area contributed by atoms with Gasteiger partial charge in [-0.3, -0.25) is 10.1 Å². The number of amides is 1. The Morgan fingerprint density at radius 1 is 1.30 bits per heavy atom. The van der Waals surface area contributed by atoms with E-state index in [1.807, 2.05) is 25.9 Å². The normalized spacial score (nSPS) is 22.9. The summed E-state index contributed by atoms with van der Waals surface area (Å²) < 4.78 is 0. The number of rotatable bonds is 5. The first kappa shape index (κ1) is 15.4. The highest BCUT2D eigenvalue weighted by molar-refractivity contribution is 7.98. The van der Waals surface area contributed by atoms with E-state index >= 15 is 0 Å². The highest BCUT2D eigenvalue weighted by atomic mass is 32.2. The summed E-state index contributed by atoms with van der Waals surface area (Å²) in [5.41, 5.74) is 1.15. The SMILES string of the molecule is CSc1ccc(C2NC(C)C(=O)N2CCN(C)C)cc1. The molecule has 1 heterocycles. The van der Waals surface area contributed by atoms with E-state index in [9.17, 15) is 4.79 Å². The fraction of sp³-hybridized carbons (Fsp3) is 0.533. The van der Waals surface area contributed by atoms with Crippen molar-refractivity contribution in [3.63, 3.8) is 0 Å². The van der Waals surface area contributed by atoms with Crippen LogP contribution < -0.4 is 5.32 Å². The van der Waals surface area contributed by atoms with Crippen molar-refractivity contribution < 1.29 is 4.79 Å². The number of carbonyl (C=O) groups is 1. The summed E-state index contributed by atoms with van der Waals surface area (Å²) in [6.45, 7) is 3.55. The molecule has 0 spiro atoms. The van der Waals surface area contributed by atoms with E-state index in [1.54, 1.807) is 11.8 Å². The topological polar surface area (TPSA) is 35.6 Å². The summed E-state index contributed by atoms with van der Waals surface area (Å²) in [5.74, 6) is 0.186. The quantitative estimate of drug-likeness (QED) is 0.840. The van der Waals surface area contributed by atoms with E-state index in [1.165, 1.54) is 4.90 Å². The Bertz CT molecular complexity index is 461. The first-order valence-electron chi connectivity index (χ1n) is 6.88. The molecule has 2 unspecified atom stereocenters. The summed E-state index contributed by atoms with van der Waals surface area (Å²) in [7, 11) is 4.05. The molecular weight excluding hydrogens is 270 g/mol. The van der Waals surface area contributed by atoms with Gasteiger partial charge in [0.1, 0.15) is 6.17 Å². The third-order valence-electron chi connectivity index (χ3n) is 3.59. The van der Waals surface area contributed by atoms with Crippen LogP contribution in [0.3, 0.4) is 0 Å². The average Bonchev–Trinajstić information content (AvgIpc) is 2.72. The van der Waals surface area contributed by atoms with Gasteiger partial charge >= 0.3 is 0 Å². The molecule has 5 heteroatoms. The maximum absolute atomic E-state index is 12.3. The number of hydrogen-bond acceptors (Lipinski definition) is 4. The molecular formula is C15H23N3OS. The van der Waals surface area contributed by atoms with Crippen LogP contribution in [-0.2, 0) is 4.79 Å². The predicted octanol–water partition coefficient (Wildman–Crippen LogP) is 1.79. The van der Waals surface area contributed by atoms with Crippen LogP contribution in [-0.4, -0.2) is 55.2 Å². The van der Waals surface area contributed by atoms with E-state index in [0.717, 1.165) is 18.7 Å². The van der Waals surface area contributed by atoms with Gasteiger partial charge in [0.25, 0.3) is 0 Å². The molecule has 1 aliphatic heterocycles. The number of likely N-dealkylation sites (N-methyl/N-ethyl adjacent to an activating group) is 1. The smallest absolute Gasteiger partial charge is 0.241 e. The van der Waals surface area contributed by atoms with Gasteiger partial charge in [0.05, 0.1) is 6.04 Å². The largest absolute Gasteiger partial charge is 0.320 e. The van der Waals surface area contributed by atoms with Gasteiger partial charge in [0, 0.05) is 18.0 Å². The molecule has 0 bridgehead atoms. The minimum Gasteiger partial charge on any atom is -0.320 e. The highest BCUT2D eigenvalue weighted by Gasteiger charge is 2.36. The molecule has 1 aromatic carbocycles. The van der Waals surface area contributed by atoms with Crippen molar-refractivity contribution in [1.82, 2.24) is 15.1 Å². The molecule has 2 atom stereocenters. The van der Waals surface area contributed by atoms with Crippen molar-refractivity contribution in [1.29, 1.82) is 0 Å². The fourth-order valence-corrected chi connectivity index (χ4v) is 2.79. The number of benzene rings is 1. The second kappa shape index (κ2) is 6.61. The van der Waals surface area contributed by atoms with Gasteiger partial charge in [-0.1, -0.05) is 12.1 Å². The van der Waals surface area contributed by atoms with Crippen molar-refractivity contribution >= 4 is 17.7 Å². The molecule has 0 radical (unpaired) electrons. The molecule has 1 amide bonds. The van der Waals surface area contributed by atoms with Crippen molar-refractivity contribution in [2.24, 2.45) is 0 Å². The molecule has 110 valence electrons. The Kier molecular flexibility index (Phi) is 5.07. The zero-order chi connectivity index (χ0) is 14.7. The summed E-state index contributed by atoms with van der Waals surface area (Å²) >= 11 is 1.73. The van der Waals surface area contributed by atoms with Gasteiger partial charge in [-0.15, -0.1) is 11.8 Å². The maximum Gasteiger partial charge on any atom is 0.241 e. The van der Waals surface area contributed by atoms with Crippen LogP contribution in [0.2, 0.25) is 0 Å². The van der Waals surface area contributed by atoms with Crippen LogP contribution in [0.15, 0.2) is 29.2 Å². The Morgan fingerprint density at radius 3 is 2.50 bits per heavy atom. The minimum absolute atomic E-state index is 0.00615. The maximum atomic E-state index is 12.3. The van der Waals surface area contributed by atoms with Crippen LogP contribution >= 0.6 is 11.8 Å². The van der Waals surface area contributed by atoms with E-state index in [4.69, 9.17) is 0 Å². The summed E-state index contributed by atoms with van der Waals surface area (Å²) in [5, 5.41) is 3.38. The lowest BCUT2D eigenvalue weighted by molar-refractivity contribution is -0.130. The van der Waals surface area contributed by atoms with Gasteiger partial charge in [-0.25, -0.2) is 0 Å². The average molecular weight is 293 g/mol. The van der Waals surface area contributed by atoms with E-state index in [0.29, 0.717) is 0 Å². The first-order chi connectivity index (χ1) is 9.52. The van der Waals surface area contributed by atoms with Crippen molar-refractivity contribution in [2.45, 2.75) is 24.0 Å². The predicted molar refractivity (Wildman–Crippen MR) is 83.8 cm³/mol. The standard InChI is InChI=1S/C15H23N3OS/c1-11-15(19)18(10-9-17(2)3)14(16-11)12-5-7-13(20-4)8-6-12/h5-8,11,14,16H,9-10H2,1-4H3. The zero-order valence-corrected chi connectivity index (χ0v) is 13.4. The van der Waals surface area contributed by atoms with Crippen molar-refractivity contribution in [3.8, 4) is 0 Å². The molecule has 2 rings (SSSR count). The second-order valence-corrected chi connectivity index (χ2v) is 6.28. The first-order valence-corrected chi connectivity index (χ1v) is 8.10. The molecule has 1 fully saturated rings. The van der Waals surface area contributed by atoms with E-state index in [2.05, 4.69) is 40.7 Å². The fourth-order valence-electron chi connectivity index (χ4n) is 2.38. The molecule has 1 N–H and O–H groups in total. The van der Waals surface area contributed by atoms with Gasteiger partial charge in [0.15, 0.2) is 0 Å². The van der Waals surface area contributed by atoms with Crippen LogP contribution in [0.4, 0.5) is 0 Å². The van der Waals surface area contributed by atoms with Crippen molar-refractivity contribution in [2.75, 3.05) is 33.4 Å². The number of hydrogen-bond donors (Lipinski definition) is 1. The molecule has 0 aromatic heterocycles. The van der Waals surface area contributed by atoms with Gasteiger partial charge in [0.2, 0.25) is 5.91 Å². The third kappa shape index (κ3) is 3.34. The van der Waals surface area contributed by atoms with E-state index in [-0.39, 0.29) is 18.1 Å². The number of carbonyl (C=O) groups excluding carboxylic acids is 1. The van der Waals surface area contributed by atoms with Crippen LogP contribution in [0.5, 0.6) is 0 Å². The minimum atomic E-state index is -0.109. The zero-order valence-electron chi connectivity index (χ0n) is 12.6. The molecule has 20 heavy (non-hydrogen) atoms. The van der Waals surface area contributed by atoms with Gasteiger partial charge in [-0.2, -0.15) is 0 Å². The molecule has 1 aromatic rings. The Balaban J connectivity index is 2.16. The number of nitrogens with one attached hydrogen (secondary N) is 1. The Labute approximate surface area is 125 Å². The number of thioether (sulfide) groups is 1. The van der Waals surface area contributed by atoms with E-state index < -0.39 is 0 Å². The van der Waals surface area contributed by atoms with Crippen LogP contribution in [0, 0.1) is 0 Å².